The van der Waals surface area contributed by atoms with Gasteiger partial charge in [-0.3, -0.25) is 4.79 Å². The molecule has 0 aromatic carbocycles. The van der Waals surface area contributed by atoms with Crippen LogP contribution in [0.3, 0.4) is 0 Å². The molecular weight excluding hydrogens is 278 g/mol. The molecule has 1 aliphatic heterocycles. The number of hydrogen-bond acceptors (Lipinski definition) is 5. The quantitative estimate of drug-likeness (QED) is 0.889. The van der Waals surface area contributed by atoms with Crippen molar-refractivity contribution in [1.82, 2.24) is 14.9 Å². The van der Waals surface area contributed by atoms with Crippen LogP contribution in [-0.2, 0) is 4.79 Å². The third-order valence-electron chi connectivity index (χ3n) is 3.36. The van der Waals surface area contributed by atoms with E-state index in [-0.39, 0.29) is 11.9 Å². The van der Waals surface area contributed by atoms with E-state index in [0.717, 1.165) is 25.9 Å². The van der Waals surface area contributed by atoms with Crippen molar-refractivity contribution in [2.75, 3.05) is 30.8 Å². The summed E-state index contributed by atoms with van der Waals surface area (Å²) < 4.78 is 0. The summed E-state index contributed by atoms with van der Waals surface area (Å²) in [5, 5.41) is 6.32. The van der Waals surface area contributed by atoms with Crippen molar-refractivity contribution < 1.29 is 4.79 Å². The normalized spacial score (nSPS) is 16.6. The number of hydrogen-bond donors (Lipinski definition) is 2. The van der Waals surface area contributed by atoms with Gasteiger partial charge in [0.1, 0.15) is 11.1 Å². The van der Waals surface area contributed by atoms with Crippen LogP contribution in [0.5, 0.6) is 0 Å². The monoisotopic (exact) mass is 297 g/mol. The number of amides is 1. The van der Waals surface area contributed by atoms with Crippen molar-refractivity contribution in [3.63, 3.8) is 0 Å². The number of aromatic nitrogens is 2. The Balaban J connectivity index is 2.03. The van der Waals surface area contributed by atoms with Crippen molar-refractivity contribution in [2.45, 2.75) is 32.2 Å². The number of carbonyl (C=O) groups excluding carboxylic acids is 1. The Morgan fingerprint density at radius 3 is 2.75 bits per heavy atom. The van der Waals surface area contributed by atoms with Crippen LogP contribution in [0.2, 0.25) is 5.02 Å². The zero-order valence-electron chi connectivity index (χ0n) is 11.8. The lowest BCUT2D eigenvalue weighted by Gasteiger charge is -2.29. The maximum Gasteiger partial charge on any atom is 0.244 e. The van der Waals surface area contributed by atoms with E-state index in [9.17, 15) is 4.79 Å². The first-order valence-corrected chi connectivity index (χ1v) is 7.25. The summed E-state index contributed by atoms with van der Waals surface area (Å²) in [6, 6.07) is -0.356. The minimum absolute atomic E-state index is 0.0883. The first-order valence-electron chi connectivity index (χ1n) is 6.87. The highest BCUT2D eigenvalue weighted by Crippen LogP contribution is 2.20. The van der Waals surface area contributed by atoms with Gasteiger partial charge >= 0.3 is 0 Å². The summed E-state index contributed by atoms with van der Waals surface area (Å²) in [6.45, 7) is 3.50. The molecule has 0 aliphatic carbocycles. The molecule has 0 spiro atoms. The van der Waals surface area contributed by atoms with E-state index in [1.807, 2.05) is 11.8 Å². The number of piperidine rings is 1. The molecular formula is C13H20ClN5O. The molecule has 1 fully saturated rings. The van der Waals surface area contributed by atoms with Crippen molar-refractivity contribution in [2.24, 2.45) is 0 Å². The van der Waals surface area contributed by atoms with Gasteiger partial charge in [-0.1, -0.05) is 11.6 Å². The molecule has 1 aromatic heterocycles. The predicted molar refractivity (Wildman–Crippen MR) is 80.1 cm³/mol. The molecule has 1 atom stereocenters. The van der Waals surface area contributed by atoms with Gasteiger partial charge in [0.15, 0.2) is 5.82 Å². The van der Waals surface area contributed by atoms with Crippen LogP contribution in [0.4, 0.5) is 11.8 Å². The van der Waals surface area contributed by atoms with E-state index < -0.39 is 0 Å². The second-order valence-electron chi connectivity index (χ2n) is 4.89. The van der Waals surface area contributed by atoms with Gasteiger partial charge < -0.3 is 15.5 Å². The molecule has 6 nitrogen and oxygen atoms in total. The van der Waals surface area contributed by atoms with Crippen molar-refractivity contribution in [3.8, 4) is 0 Å². The average molecular weight is 298 g/mol. The Labute approximate surface area is 123 Å². The number of likely N-dealkylation sites (tertiary alicyclic amines) is 1. The smallest absolute Gasteiger partial charge is 0.244 e. The zero-order valence-corrected chi connectivity index (χ0v) is 12.6. The van der Waals surface area contributed by atoms with E-state index >= 15 is 0 Å². The summed E-state index contributed by atoms with van der Waals surface area (Å²) in [7, 11) is 1.73. The lowest BCUT2D eigenvalue weighted by molar-refractivity contribution is -0.132. The van der Waals surface area contributed by atoms with E-state index in [2.05, 4.69) is 20.6 Å². The molecule has 1 aromatic rings. The number of nitrogens with zero attached hydrogens (tertiary/aromatic N) is 3. The molecule has 7 heteroatoms. The molecule has 0 radical (unpaired) electrons. The third kappa shape index (κ3) is 3.50. The first kappa shape index (κ1) is 14.8. The number of nitrogens with one attached hydrogen (secondary N) is 2. The van der Waals surface area contributed by atoms with Gasteiger partial charge in [0.25, 0.3) is 0 Å². The molecule has 2 rings (SSSR count). The number of anilines is 2. The fourth-order valence-corrected chi connectivity index (χ4v) is 2.39. The molecule has 110 valence electrons. The minimum atomic E-state index is -0.356. The van der Waals surface area contributed by atoms with Gasteiger partial charge in [-0.15, -0.1) is 0 Å². The Kier molecular flexibility index (Phi) is 5.00. The Morgan fingerprint density at radius 2 is 2.10 bits per heavy atom. The minimum Gasteiger partial charge on any atom is -0.357 e. The molecule has 1 unspecified atom stereocenters. The topological polar surface area (TPSA) is 70.2 Å². The Bertz CT molecular complexity index is 476. The predicted octanol–water partition coefficient (Wildman–Crippen LogP) is 1.98. The van der Waals surface area contributed by atoms with E-state index in [1.54, 1.807) is 7.05 Å². The summed E-state index contributed by atoms with van der Waals surface area (Å²) in [6.07, 6.45) is 4.88. The summed E-state index contributed by atoms with van der Waals surface area (Å²) in [4.78, 5) is 22.5. The highest BCUT2D eigenvalue weighted by molar-refractivity contribution is 6.32. The highest BCUT2D eigenvalue weighted by atomic mass is 35.5. The first-order chi connectivity index (χ1) is 9.61. The molecule has 20 heavy (non-hydrogen) atoms. The second-order valence-corrected chi connectivity index (χ2v) is 5.30. The van der Waals surface area contributed by atoms with Gasteiger partial charge in [0.2, 0.25) is 11.9 Å². The molecule has 0 saturated carbocycles. The highest BCUT2D eigenvalue weighted by Gasteiger charge is 2.23. The van der Waals surface area contributed by atoms with Gasteiger partial charge in [-0.2, -0.15) is 4.98 Å². The summed E-state index contributed by atoms with van der Waals surface area (Å²) in [5.41, 5.74) is 0. The summed E-state index contributed by atoms with van der Waals surface area (Å²) >= 11 is 6.05. The van der Waals surface area contributed by atoms with Gasteiger partial charge in [0, 0.05) is 20.1 Å². The van der Waals surface area contributed by atoms with E-state index in [0.29, 0.717) is 16.8 Å². The SMILES string of the molecule is CNc1ncc(Cl)c(NC(C)C(=O)N2CCCCC2)n1. The van der Waals surface area contributed by atoms with E-state index in [1.165, 1.54) is 12.6 Å². The largest absolute Gasteiger partial charge is 0.357 e. The van der Waals surface area contributed by atoms with Crippen LogP contribution >= 0.6 is 11.6 Å². The van der Waals surface area contributed by atoms with Crippen LogP contribution in [-0.4, -0.2) is 47.0 Å². The maximum atomic E-state index is 12.3. The molecule has 0 bridgehead atoms. The lowest BCUT2D eigenvalue weighted by Crippen LogP contribution is -2.44. The molecule has 2 N–H and O–H groups in total. The second kappa shape index (κ2) is 6.74. The number of rotatable bonds is 4. The lowest BCUT2D eigenvalue weighted by atomic mass is 10.1. The number of carbonyl (C=O) groups is 1. The van der Waals surface area contributed by atoms with Crippen LogP contribution in [0.25, 0.3) is 0 Å². The van der Waals surface area contributed by atoms with Gasteiger partial charge in [-0.05, 0) is 26.2 Å². The van der Waals surface area contributed by atoms with Crippen molar-refractivity contribution >= 4 is 29.3 Å². The Hall–Kier alpha value is -1.56. The summed E-state index contributed by atoms with van der Waals surface area (Å²) in [5.74, 6) is 1.03. The standard InChI is InChI=1S/C13H20ClN5O/c1-9(12(20)19-6-4-3-5-7-19)17-11-10(14)8-16-13(15-2)18-11/h8-9H,3-7H2,1-2H3,(H2,15,16,17,18). The third-order valence-corrected chi connectivity index (χ3v) is 3.64. The fraction of sp³-hybridized carbons (Fsp3) is 0.615. The van der Waals surface area contributed by atoms with Crippen molar-refractivity contribution in [3.05, 3.63) is 11.2 Å². The van der Waals surface area contributed by atoms with Crippen LogP contribution in [0.1, 0.15) is 26.2 Å². The average Bonchev–Trinajstić information content (AvgIpc) is 2.49. The maximum absolute atomic E-state index is 12.3. The molecule has 1 saturated heterocycles. The molecule has 1 aliphatic rings. The van der Waals surface area contributed by atoms with Gasteiger partial charge in [0.05, 0.1) is 6.20 Å². The molecule has 1 amide bonds. The van der Waals surface area contributed by atoms with Crippen LogP contribution in [0, 0.1) is 0 Å². The molecule has 2 heterocycles. The van der Waals surface area contributed by atoms with E-state index in [4.69, 9.17) is 11.6 Å². The number of halogens is 1. The fourth-order valence-electron chi connectivity index (χ4n) is 2.24. The zero-order chi connectivity index (χ0) is 14.5. The van der Waals surface area contributed by atoms with Crippen LogP contribution < -0.4 is 10.6 Å². The van der Waals surface area contributed by atoms with Gasteiger partial charge in [-0.25, -0.2) is 4.98 Å². The van der Waals surface area contributed by atoms with Crippen molar-refractivity contribution in [1.29, 1.82) is 0 Å². The van der Waals surface area contributed by atoms with Crippen LogP contribution in [0.15, 0.2) is 6.20 Å². The Morgan fingerprint density at radius 1 is 1.40 bits per heavy atom.